The fourth-order valence-corrected chi connectivity index (χ4v) is 3.12. The van der Waals surface area contributed by atoms with Crippen molar-refractivity contribution in [2.45, 2.75) is 32.5 Å². The highest BCUT2D eigenvalue weighted by molar-refractivity contribution is 7.87. The molecule has 2 atom stereocenters. The topological polar surface area (TPSA) is 84.7 Å². The van der Waals surface area contributed by atoms with Gasteiger partial charge >= 0.3 is 0 Å². The van der Waals surface area contributed by atoms with Crippen LogP contribution < -0.4 is 10.5 Å². The van der Waals surface area contributed by atoms with Gasteiger partial charge in [-0.05, 0) is 26.8 Å². The smallest absolute Gasteiger partial charge is 0.279 e. The van der Waals surface area contributed by atoms with Gasteiger partial charge in [0.25, 0.3) is 10.2 Å². The van der Waals surface area contributed by atoms with E-state index in [4.69, 9.17) is 10.5 Å². The van der Waals surface area contributed by atoms with E-state index in [2.05, 4.69) is 4.72 Å². The molecular formula is C9H21N3O3S. The minimum Gasteiger partial charge on any atom is -0.373 e. The van der Waals surface area contributed by atoms with Gasteiger partial charge in [-0.15, -0.1) is 0 Å². The largest absolute Gasteiger partial charge is 0.373 e. The van der Waals surface area contributed by atoms with Gasteiger partial charge in [-0.25, -0.2) is 4.72 Å². The van der Waals surface area contributed by atoms with Crippen molar-refractivity contribution < 1.29 is 13.2 Å². The van der Waals surface area contributed by atoms with Crippen LogP contribution in [0.4, 0.5) is 0 Å². The van der Waals surface area contributed by atoms with Gasteiger partial charge in [0.05, 0.1) is 12.2 Å². The minimum atomic E-state index is -3.37. The molecule has 3 N–H and O–H groups in total. The highest BCUT2D eigenvalue weighted by Gasteiger charge is 2.30. The van der Waals surface area contributed by atoms with Crippen molar-refractivity contribution in [3.05, 3.63) is 0 Å². The number of ether oxygens (including phenoxy) is 1. The molecule has 0 amide bonds. The summed E-state index contributed by atoms with van der Waals surface area (Å²) in [7, 11) is -3.37. The standard InChI is InChI=1S/C9H21N3O3S/c1-8-6-12(7-9(2)15-8)16(13,14)11-5-3-4-10/h8-9,11H,3-7,10H2,1-2H3. The molecule has 6 nitrogen and oxygen atoms in total. The summed E-state index contributed by atoms with van der Waals surface area (Å²) < 4.78 is 33.2. The van der Waals surface area contributed by atoms with Crippen LogP contribution >= 0.6 is 0 Å². The number of hydrogen-bond donors (Lipinski definition) is 2. The molecule has 1 aliphatic heterocycles. The van der Waals surface area contributed by atoms with Crippen molar-refractivity contribution in [3.63, 3.8) is 0 Å². The number of hydrogen-bond acceptors (Lipinski definition) is 4. The maximum atomic E-state index is 11.9. The third-order valence-corrected chi connectivity index (χ3v) is 3.94. The van der Waals surface area contributed by atoms with Crippen molar-refractivity contribution >= 4 is 10.2 Å². The molecule has 0 spiro atoms. The first-order valence-electron chi connectivity index (χ1n) is 5.56. The summed E-state index contributed by atoms with van der Waals surface area (Å²) in [4.78, 5) is 0. The molecular weight excluding hydrogens is 230 g/mol. The third kappa shape index (κ3) is 3.99. The zero-order valence-corrected chi connectivity index (χ0v) is 10.7. The van der Waals surface area contributed by atoms with Gasteiger partial charge in [-0.3, -0.25) is 0 Å². The van der Waals surface area contributed by atoms with Crippen LogP contribution in [0.5, 0.6) is 0 Å². The second-order valence-corrected chi connectivity index (χ2v) is 5.87. The molecule has 1 rings (SSSR count). The zero-order valence-electron chi connectivity index (χ0n) is 9.85. The molecule has 0 bridgehead atoms. The Bertz CT molecular complexity index is 297. The first-order chi connectivity index (χ1) is 7.45. The summed E-state index contributed by atoms with van der Waals surface area (Å²) in [6.07, 6.45) is 0.527. The van der Waals surface area contributed by atoms with Gasteiger partial charge in [0.1, 0.15) is 0 Å². The molecule has 0 radical (unpaired) electrons. The summed E-state index contributed by atoms with van der Waals surface area (Å²) in [5, 5.41) is 0. The Morgan fingerprint density at radius 3 is 2.44 bits per heavy atom. The van der Waals surface area contributed by atoms with Crippen molar-refractivity contribution in [1.82, 2.24) is 9.03 Å². The Hall–Kier alpha value is -0.210. The van der Waals surface area contributed by atoms with Gasteiger partial charge < -0.3 is 10.5 Å². The lowest BCUT2D eigenvalue weighted by atomic mass is 10.3. The number of morpholine rings is 1. The Balaban J connectivity index is 2.53. The van der Waals surface area contributed by atoms with Crippen LogP contribution in [-0.2, 0) is 14.9 Å². The van der Waals surface area contributed by atoms with Crippen LogP contribution in [0.25, 0.3) is 0 Å². The monoisotopic (exact) mass is 251 g/mol. The lowest BCUT2D eigenvalue weighted by Gasteiger charge is -2.34. The molecule has 0 aliphatic carbocycles. The molecule has 0 aromatic rings. The normalized spacial score (nSPS) is 28.2. The lowest BCUT2D eigenvalue weighted by Crippen LogP contribution is -2.52. The SMILES string of the molecule is CC1CN(S(=O)(=O)NCCCN)CC(C)O1. The lowest BCUT2D eigenvalue weighted by molar-refractivity contribution is -0.0443. The molecule has 7 heteroatoms. The molecule has 96 valence electrons. The summed E-state index contributed by atoms with van der Waals surface area (Å²) in [5.41, 5.74) is 5.31. The summed E-state index contributed by atoms with van der Waals surface area (Å²) in [6, 6.07) is 0. The van der Waals surface area contributed by atoms with Crippen LogP contribution in [0.3, 0.4) is 0 Å². The first kappa shape index (κ1) is 13.9. The highest BCUT2D eigenvalue weighted by atomic mass is 32.2. The van der Waals surface area contributed by atoms with E-state index in [0.717, 1.165) is 0 Å². The molecule has 1 heterocycles. The molecule has 0 aromatic heterocycles. The Kier molecular flexibility index (Phi) is 5.13. The van der Waals surface area contributed by atoms with Crippen LogP contribution in [0.1, 0.15) is 20.3 Å². The maximum absolute atomic E-state index is 11.9. The fraction of sp³-hybridized carbons (Fsp3) is 1.00. The Morgan fingerprint density at radius 1 is 1.38 bits per heavy atom. The van der Waals surface area contributed by atoms with Gasteiger partial charge in [0.15, 0.2) is 0 Å². The average molecular weight is 251 g/mol. The van der Waals surface area contributed by atoms with Gasteiger partial charge in [-0.1, -0.05) is 0 Å². The molecule has 2 unspecified atom stereocenters. The average Bonchev–Trinajstić information content (AvgIpc) is 2.16. The minimum absolute atomic E-state index is 0.0603. The number of nitrogens with two attached hydrogens (primary N) is 1. The van der Waals surface area contributed by atoms with E-state index in [-0.39, 0.29) is 12.2 Å². The predicted octanol–water partition coefficient (Wildman–Crippen LogP) is -0.721. The van der Waals surface area contributed by atoms with Crippen LogP contribution in [0.2, 0.25) is 0 Å². The van der Waals surface area contributed by atoms with Crippen molar-refractivity contribution in [3.8, 4) is 0 Å². The van der Waals surface area contributed by atoms with E-state index in [1.54, 1.807) is 0 Å². The van der Waals surface area contributed by atoms with E-state index >= 15 is 0 Å². The maximum Gasteiger partial charge on any atom is 0.279 e. The third-order valence-electron chi connectivity index (χ3n) is 2.39. The highest BCUT2D eigenvalue weighted by Crippen LogP contribution is 2.13. The predicted molar refractivity (Wildman–Crippen MR) is 62.2 cm³/mol. The molecule has 1 fully saturated rings. The van der Waals surface area contributed by atoms with Crippen LogP contribution in [0.15, 0.2) is 0 Å². The van der Waals surface area contributed by atoms with Crippen molar-refractivity contribution in [2.24, 2.45) is 5.73 Å². The summed E-state index contributed by atoms with van der Waals surface area (Å²) in [6.45, 7) is 5.43. The Morgan fingerprint density at radius 2 is 1.94 bits per heavy atom. The van der Waals surface area contributed by atoms with E-state index in [1.807, 2.05) is 13.8 Å². The van der Waals surface area contributed by atoms with Crippen LogP contribution in [-0.4, -0.2) is 51.1 Å². The van der Waals surface area contributed by atoms with Crippen LogP contribution in [0, 0.1) is 0 Å². The second-order valence-electron chi connectivity index (χ2n) is 4.12. The molecule has 16 heavy (non-hydrogen) atoms. The van der Waals surface area contributed by atoms with E-state index in [9.17, 15) is 8.42 Å². The van der Waals surface area contributed by atoms with E-state index in [0.29, 0.717) is 32.6 Å². The van der Waals surface area contributed by atoms with Gasteiger partial charge in [-0.2, -0.15) is 12.7 Å². The van der Waals surface area contributed by atoms with Gasteiger partial charge in [0.2, 0.25) is 0 Å². The number of rotatable bonds is 5. The van der Waals surface area contributed by atoms with Gasteiger partial charge in [0, 0.05) is 19.6 Å². The van der Waals surface area contributed by atoms with E-state index in [1.165, 1.54) is 4.31 Å². The molecule has 1 aliphatic rings. The summed E-state index contributed by atoms with van der Waals surface area (Å²) in [5.74, 6) is 0. The molecule has 0 aromatic carbocycles. The molecule has 0 saturated carbocycles. The quantitative estimate of drug-likeness (QED) is 0.631. The zero-order chi connectivity index (χ0) is 12.2. The van der Waals surface area contributed by atoms with Crippen molar-refractivity contribution in [2.75, 3.05) is 26.2 Å². The van der Waals surface area contributed by atoms with Crippen molar-refractivity contribution in [1.29, 1.82) is 0 Å². The summed E-state index contributed by atoms with van der Waals surface area (Å²) >= 11 is 0. The number of nitrogens with one attached hydrogen (secondary N) is 1. The molecule has 1 saturated heterocycles. The Labute approximate surface area is 97.3 Å². The first-order valence-corrected chi connectivity index (χ1v) is 7.00. The second kappa shape index (κ2) is 5.92. The van der Waals surface area contributed by atoms with E-state index < -0.39 is 10.2 Å². The number of nitrogens with zero attached hydrogens (tertiary/aromatic N) is 1. The fourth-order valence-electron chi connectivity index (χ4n) is 1.72.